The fraction of sp³-hybridized carbons (Fsp3) is 0.455. The third kappa shape index (κ3) is 4.46. The van der Waals surface area contributed by atoms with Crippen molar-refractivity contribution in [3.05, 3.63) is 35.4 Å². The Balaban J connectivity index is 2.85. The van der Waals surface area contributed by atoms with Crippen LogP contribution in [-0.4, -0.2) is 34.2 Å². The fourth-order valence-electron chi connectivity index (χ4n) is 3.25. The number of benzene rings is 2. The lowest BCUT2D eigenvalue weighted by atomic mass is 9.98. The molecule has 2 rings (SSSR count). The van der Waals surface area contributed by atoms with Crippen LogP contribution in [0.1, 0.15) is 38.0 Å². The van der Waals surface area contributed by atoms with Crippen molar-refractivity contribution in [2.24, 2.45) is 0 Å². The van der Waals surface area contributed by atoms with E-state index >= 15 is 0 Å². The van der Waals surface area contributed by atoms with Crippen molar-refractivity contribution < 1.29 is 18.9 Å². The number of fused-ring (bicyclic) bond motifs is 1. The van der Waals surface area contributed by atoms with E-state index in [1.807, 2.05) is 23.9 Å². The molecule has 1 unspecified atom stereocenters. The third-order valence-corrected chi connectivity index (χ3v) is 5.65. The van der Waals surface area contributed by atoms with Crippen LogP contribution in [0.5, 0.6) is 23.0 Å². The van der Waals surface area contributed by atoms with Crippen molar-refractivity contribution >= 4 is 22.5 Å². The second kappa shape index (κ2) is 9.79. The minimum Gasteiger partial charge on any atom is -0.496 e. The average Bonchev–Trinajstić information content (AvgIpc) is 2.68. The maximum absolute atomic E-state index is 5.91. The Hall–Kier alpha value is -2.01. The van der Waals surface area contributed by atoms with Gasteiger partial charge in [0.15, 0.2) is 0 Å². The quantitative estimate of drug-likeness (QED) is 0.489. The minimum absolute atomic E-state index is 0.258. The monoisotopic (exact) mass is 390 g/mol. The van der Waals surface area contributed by atoms with Gasteiger partial charge in [-0.25, -0.2) is 0 Å². The van der Waals surface area contributed by atoms with E-state index in [9.17, 15) is 0 Å². The average molecular weight is 391 g/mol. The first-order valence-corrected chi connectivity index (χ1v) is 10.1. The SMILES string of the molecule is CCSC(CC=C(C)C)c1cc(OC)c2c(OC)ccc(OC)c2c1OC. The third-order valence-electron chi connectivity index (χ3n) is 4.47. The zero-order valence-electron chi connectivity index (χ0n) is 17.3. The summed E-state index contributed by atoms with van der Waals surface area (Å²) in [6, 6.07) is 5.88. The van der Waals surface area contributed by atoms with Gasteiger partial charge in [-0.2, -0.15) is 11.8 Å². The van der Waals surface area contributed by atoms with Crippen LogP contribution in [0.2, 0.25) is 0 Å². The highest BCUT2D eigenvalue weighted by molar-refractivity contribution is 7.99. The summed E-state index contributed by atoms with van der Waals surface area (Å²) in [5.74, 6) is 4.06. The van der Waals surface area contributed by atoms with Crippen LogP contribution < -0.4 is 18.9 Å². The highest BCUT2D eigenvalue weighted by Crippen LogP contribution is 2.50. The van der Waals surface area contributed by atoms with Crippen molar-refractivity contribution in [2.75, 3.05) is 34.2 Å². The standard InChI is InChI=1S/C22H30O4S/c1-8-27-19(12-9-14(2)3)15-13-18(25-6)20-16(23-4)10-11-17(24-5)21(20)22(15)26-7/h9-11,13,19H,8,12H2,1-7H3. The summed E-state index contributed by atoms with van der Waals surface area (Å²) < 4.78 is 22.9. The van der Waals surface area contributed by atoms with Gasteiger partial charge in [-0.05, 0) is 44.2 Å². The van der Waals surface area contributed by atoms with Crippen LogP contribution in [0.25, 0.3) is 10.8 Å². The lowest BCUT2D eigenvalue weighted by Gasteiger charge is -2.23. The molecule has 0 saturated carbocycles. The molecule has 0 aliphatic heterocycles. The molecule has 0 aliphatic carbocycles. The molecule has 0 spiro atoms. The van der Waals surface area contributed by atoms with Crippen LogP contribution in [0.4, 0.5) is 0 Å². The van der Waals surface area contributed by atoms with Gasteiger partial charge in [0.05, 0.1) is 39.2 Å². The van der Waals surface area contributed by atoms with E-state index < -0.39 is 0 Å². The molecule has 0 bridgehead atoms. The molecule has 5 heteroatoms. The summed E-state index contributed by atoms with van der Waals surface area (Å²) in [5.41, 5.74) is 2.42. The zero-order valence-corrected chi connectivity index (χ0v) is 18.2. The molecule has 2 aromatic rings. The maximum Gasteiger partial charge on any atom is 0.135 e. The van der Waals surface area contributed by atoms with Gasteiger partial charge >= 0.3 is 0 Å². The van der Waals surface area contributed by atoms with Gasteiger partial charge in [0, 0.05) is 10.8 Å². The van der Waals surface area contributed by atoms with E-state index in [4.69, 9.17) is 18.9 Å². The van der Waals surface area contributed by atoms with E-state index in [2.05, 4.69) is 32.9 Å². The number of thioether (sulfide) groups is 1. The van der Waals surface area contributed by atoms with Crippen molar-refractivity contribution in [3.8, 4) is 23.0 Å². The second-order valence-corrected chi connectivity index (χ2v) is 7.86. The second-order valence-electron chi connectivity index (χ2n) is 6.38. The first-order valence-electron chi connectivity index (χ1n) is 9.06. The highest BCUT2D eigenvalue weighted by Gasteiger charge is 2.24. The van der Waals surface area contributed by atoms with Gasteiger partial charge in [0.1, 0.15) is 23.0 Å². The summed E-state index contributed by atoms with van der Waals surface area (Å²) in [6.45, 7) is 6.42. The van der Waals surface area contributed by atoms with E-state index in [0.29, 0.717) is 0 Å². The van der Waals surface area contributed by atoms with Gasteiger partial charge in [-0.15, -0.1) is 0 Å². The Labute approximate surface area is 166 Å². The molecule has 0 aliphatic rings. The summed E-state index contributed by atoms with van der Waals surface area (Å²) >= 11 is 1.90. The number of hydrogen-bond donors (Lipinski definition) is 0. The molecule has 0 radical (unpaired) electrons. The number of rotatable bonds is 9. The van der Waals surface area contributed by atoms with Crippen molar-refractivity contribution in [2.45, 2.75) is 32.4 Å². The predicted molar refractivity (Wildman–Crippen MR) is 115 cm³/mol. The molecule has 0 saturated heterocycles. The highest BCUT2D eigenvalue weighted by atomic mass is 32.2. The largest absolute Gasteiger partial charge is 0.496 e. The number of allylic oxidation sites excluding steroid dienone is 2. The van der Waals surface area contributed by atoms with E-state index in [-0.39, 0.29) is 5.25 Å². The molecular weight excluding hydrogens is 360 g/mol. The van der Waals surface area contributed by atoms with E-state index in [1.54, 1.807) is 28.4 Å². The molecule has 148 valence electrons. The first kappa shape index (κ1) is 21.3. The Morgan fingerprint density at radius 3 is 2.00 bits per heavy atom. The van der Waals surface area contributed by atoms with Crippen LogP contribution in [0.3, 0.4) is 0 Å². The zero-order chi connectivity index (χ0) is 20.0. The first-order chi connectivity index (χ1) is 13.0. The number of methoxy groups -OCH3 is 4. The fourth-order valence-corrected chi connectivity index (χ4v) is 4.24. The maximum atomic E-state index is 5.91. The van der Waals surface area contributed by atoms with Crippen molar-refractivity contribution in [1.82, 2.24) is 0 Å². The molecule has 4 nitrogen and oxygen atoms in total. The molecule has 0 heterocycles. The molecular formula is C22H30O4S. The van der Waals surface area contributed by atoms with Gasteiger partial charge < -0.3 is 18.9 Å². The predicted octanol–water partition coefficient (Wildman–Crippen LogP) is 6.02. The van der Waals surface area contributed by atoms with Crippen molar-refractivity contribution in [1.29, 1.82) is 0 Å². The molecule has 0 aromatic heterocycles. The summed E-state index contributed by atoms with van der Waals surface area (Å²) in [5, 5.41) is 2.00. The summed E-state index contributed by atoms with van der Waals surface area (Å²) in [6.07, 6.45) is 3.20. The smallest absolute Gasteiger partial charge is 0.135 e. The molecule has 0 amide bonds. The van der Waals surface area contributed by atoms with Crippen LogP contribution in [0, 0.1) is 0 Å². The lowest BCUT2D eigenvalue weighted by Crippen LogP contribution is -2.03. The van der Waals surface area contributed by atoms with Gasteiger partial charge in [-0.3, -0.25) is 0 Å². The molecule has 0 N–H and O–H groups in total. The number of ether oxygens (including phenoxy) is 4. The molecule has 1 atom stereocenters. The Morgan fingerprint density at radius 1 is 0.926 bits per heavy atom. The normalized spacial score (nSPS) is 11.8. The topological polar surface area (TPSA) is 36.9 Å². The van der Waals surface area contributed by atoms with Gasteiger partial charge in [0.25, 0.3) is 0 Å². The van der Waals surface area contributed by atoms with E-state index in [1.165, 1.54) is 5.57 Å². The van der Waals surface area contributed by atoms with Crippen LogP contribution in [-0.2, 0) is 0 Å². The molecule has 0 fully saturated rings. The van der Waals surface area contributed by atoms with Gasteiger partial charge in [-0.1, -0.05) is 18.6 Å². The Bertz CT molecular complexity index is 810. The minimum atomic E-state index is 0.258. The summed E-state index contributed by atoms with van der Waals surface area (Å²) in [7, 11) is 6.72. The number of hydrogen-bond acceptors (Lipinski definition) is 5. The molecule has 2 aromatic carbocycles. The van der Waals surface area contributed by atoms with Crippen LogP contribution >= 0.6 is 11.8 Å². The van der Waals surface area contributed by atoms with Crippen LogP contribution in [0.15, 0.2) is 29.8 Å². The van der Waals surface area contributed by atoms with E-state index in [0.717, 1.165) is 51.5 Å². The molecule has 27 heavy (non-hydrogen) atoms. The summed E-state index contributed by atoms with van der Waals surface area (Å²) in [4.78, 5) is 0. The lowest BCUT2D eigenvalue weighted by molar-refractivity contribution is 0.389. The Morgan fingerprint density at radius 2 is 1.52 bits per heavy atom. The van der Waals surface area contributed by atoms with Crippen molar-refractivity contribution in [3.63, 3.8) is 0 Å². The van der Waals surface area contributed by atoms with Gasteiger partial charge in [0.2, 0.25) is 0 Å². The Kier molecular flexibility index (Phi) is 7.72.